The third-order valence-corrected chi connectivity index (χ3v) is 1.58. The second-order valence-corrected chi connectivity index (χ2v) is 3.19. The van der Waals surface area contributed by atoms with E-state index >= 15 is 0 Å². The first-order chi connectivity index (χ1) is 8.19. The molecule has 0 atom stereocenters. The highest BCUT2D eigenvalue weighted by Gasteiger charge is 2.40. The summed E-state index contributed by atoms with van der Waals surface area (Å²) < 4.78 is 4.44. The van der Waals surface area contributed by atoms with Crippen LogP contribution in [0.4, 0.5) is 0 Å². The van der Waals surface area contributed by atoms with Gasteiger partial charge in [-0.15, -0.1) is 0 Å². The minimum atomic E-state index is -2.74. The summed E-state index contributed by atoms with van der Waals surface area (Å²) in [5.74, 6) is -5.02. The first kappa shape index (κ1) is 18.6. The number of aliphatic hydroxyl groups is 2. The van der Waals surface area contributed by atoms with E-state index in [1.807, 2.05) is 0 Å². The van der Waals surface area contributed by atoms with E-state index in [2.05, 4.69) is 4.74 Å². The van der Waals surface area contributed by atoms with E-state index in [4.69, 9.17) is 25.5 Å². The van der Waals surface area contributed by atoms with Gasteiger partial charge in [0.1, 0.15) is 0 Å². The number of carbonyl (C=O) groups is 3. The number of hydrogen-bond donors (Lipinski definition) is 5. The summed E-state index contributed by atoms with van der Waals surface area (Å²) in [4.78, 5) is 30.5. The molecule has 5 N–H and O–H groups in total. The highest BCUT2D eigenvalue weighted by atomic mass is 16.5. The van der Waals surface area contributed by atoms with Crippen LogP contribution in [0, 0.1) is 0 Å². The summed E-state index contributed by atoms with van der Waals surface area (Å²) in [6.45, 7) is 0.566. The maximum absolute atomic E-state index is 10.3. The van der Waals surface area contributed by atoms with Gasteiger partial charge in [0.2, 0.25) is 0 Å². The fraction of sp³-hybridized carbons (Fsp3) is 0.667. The number of ether oxygens (including phenoxy) is 1. The lowest BCUT2D eigenvalue weighted by atomic mass is 9.96. The van der Waals surface area contributed by atoms with Crippen molar-refractivity contribution in [1.82, 2.24) is 0 Å². The van der Waals surface area contributed by atoms with Crippen LogP contribution in [0.3, 0.4) is 0 Å². The summed E-state index contributed by atoms with van der Waals surface area (Å²) in [5.41, 5.74) is -2.74. The van der Waals surface area contributed by atoms with Crippen molar-refractivity contribution in [2.24, 2.45) is 0 Å². The number of rotatable bonds is 7. The summed E-state index contributed by atoms with van der Waals surface area (Å²) in [7, 11) is 1.55. The lowest BCUT2D eigenvalue weighted by Gasteiger charge is -2.18. The molecule has 0 heterocycles. The zero-order valence-electron chi connectivity index (χ0n) is 9.70. The zero-order valence-corrected chi connectivity index (χ0v) is 9.70. The van der Waals surface area contributed by atoms with E-state index in [-0.39, 0.29) is 6.61 Å². The van der Waals surface area contributed by atoms with Gasteiger partial charge >= 0.3 is 17.9 Å². The first-order valence-electron chi connectivity index (χ1n) is 4.68. The quantitative estimate of drug-likeness (QED) is 0.365. The number of methoxy groups -OCH3 is 1. The summed E-state index contributed by atoms with van der Waals surface area (Å²) in [5, 5.41) is 41.8. The van der Waals surface area contributed by atoms with Crippen LogP contribution >= 0.6 is 0 Å². The Morgan fingerprint density at radius 3 is 1.56 bits per heavy atom. The first-order valence-corrected chi connectivity index (χ1v) is 4.68. The van der Waals surface area contributed by atoms with Crippen LogP contribution in [0.15, 0.2) is 0 Å². The zero-order chi connectivity index (χ0) is 14.8. The monoisotopic (exact) mass is 268 g/mol. The summed E-state index contributed by atoms with van der Waals surface area (Å²) in [6.07, 6.45) is -2.29. The van der Waals surface area contributed by atoms with E-state index in [1.54, 1.807) is 7.11 Å². The SMILES string of the molecule is COCCO.O=C(O)CC(O)(CC(=O)O)C(=O)O. The fourth-order valence-electron chi connectivity index (χ4n) is 0.805. The maximum atomic E-state index is 10.3. The number of carboxylic acids is 3. The molecule has 0 unspecified atom stereocenters. The number of aliphatic hydroxyl groups excluding tert-OH is 1. The molecular formula is C9H16O9. The highest BCUT2D eigenvalue weighted by molar-refractivity contribution is 5.88. The van der Waals surface area contributed by atoms with Crippen LogP contribution in [-0.2, 0) is 19.1 Å². The van der Waals surface area contributed by atoms with Crippen LogP contribution in [0.2, 0.25) is 0 Å². The van der Waals surface area contributed by atoms with Gasteiger partial charge in [0.15, 0.2) is 5.60 Å². The molecule has 18 heavy (non-hydrogen) atoms. The Labute approximate surface area is 102 Å². The lowest BCUT2D eigenvalue weighted by Crippen LogP contribution is -2.42. The van der Waals surface area contributed by atoms with Crippen molar-refractivity contribution >= 4 is 17.9 Å². The largest absolute Gasteiger partial charge is 0.481 e. The Kier molecular flexibility index (Phi) is 9.67. The van der Waals surface area contributed by atoms with E-state index in [9.17, 15) is 14.4 Å². The van der Waals surface area contributed by atoms with E-state index < -0.39 is 36.4 Å². The summed E-state index contributed by atoms with van der Waals surface area (Å²) >= 11 is 0. The fourth-order valence-corrected chi connectivity index (χ4v) is 0.805. The molecule has 0 saturated heterocycles. The molecule has 0 aromatic rings. The highest BCUT2D eigenvalue weighted by Crippen LogP contribution is 2.15. The van der Waals surface area contributed by atoms with Crippen molar-refractivity contribution in [1.29, 1.82) is 0 Å². The van der Waals surface area contributed by atoms with E-state index in [0.717, 1.165) is 0 Å². The van der Waals surface area contributed by atoms with Crippen LogP contribution in [0.5, 0.6) is 0 Å². The van der Waals surface area contributed by atoms with Crippen LogP contribution in [0.25, 0.3) is 0 Å². The molecule has 0 aliphatic carbocycles. The molecule has 9 heteroatoms. The lowest BCUT2D eigenvalue weighted by molar-refractivity contribution is -0.170. The molecule has 0 aromatic carbocycles. The Morgan fingerprint density at radius 1 is 1.06 bits per heavy atom. The van der Waals surface area contributed by atoms with Crippen molar-refractivity contribution in [3.63, 3.8) is 0 Å². The van der Waals surface area contributed by atoms with E-state index in [0.29, 0.717) is 6.61 Å². The molecule has 0 radical (unpaired) electrons. The van der Waals surface area contributed by atoms with Gasteiger partial charge in [-0.3, -0.25) is 9.59 Å². The van der Waals surface area contributed by atoms with Gasteiger partial charge in [0.25, 0.3) is 0 Å². The van der Waals surface area contributed by atoms with Crippen molar-refractivity contribution < 1.29 is 44.7 Å². The molecule has 106 valence electrons. The molecule has 0 spiro atoms. The smallest absolute Gasteiger partial charge is 0.336 e. The van der Waals surface area contributed by atoms with E-state index in [1.165, 1.54) is 0 Å². The Morgan fingerprint density at radius 2 is 1.44 bits per heavy atom. The molecule has 0 aliphatic rings. The molecule has 0 rings (SSSR count). The van der Waals surface area contributed by atoms with Gasteiger partial charge in [-0.2, -0.15) is 0 Å². The maximum Gasteiger partial charge on any atom is 0.336 e. The average molecular weight is 268 g/mol. The Hall–Kier alpha value is -1.71. The molecule has 9 nitrogen and oxygen atoms in total. The molecule has 0 saturated carbocycles. The normalized spacial score (nSPS) is 10.2. The van der Waals surface area contributed by atoms with Crippen molar-refractivity contribution in [3.8, 4) is 0 Å². The van der Waals surface area contributed by atoms with Crippen molar-refractivity contribution in [2.75, 3.05) is 20.3 Å². The van der Waals surface area contributed by atoms with Crippen LogP contribution in [0.1, 0.15) is 12.8 Å². The predicted octanol–water partition coefficient (Wildman–Crippen LogP) is -1.62. The molecule has 0 amide bonds. The number of carboxylic acid groups (broad SMARTS) is 3. The summed E-state index contributed by atoms with van der Waals surface area (Å²) in [6, 6.07) is 0. The molecule has 0 aromatic heterocycles. The number of hydrogen-bond acceptors (Lipinski definition) is 6. The second-order valence-electron chi connectivity index (χ2n) is 3.19. The average Bonchev–Trinajstić information content (AvgIpc) is 2.16. The second kappa shape index (κ2) is 9.33. The molecular weight excluding hydrogens is 252 g/mol. The topological polar surface area (TPSA) is 162 Å². The van der Waals surface area contributed by atoms with Gasteiger partial charge in [0.05, 0.1) is 26.1 Å². The Bertz CT molecular complexity index is 268. The third kappa shape index (κ3) is 9.51. The van der Waals surface area contributed by atoms with Crippen LogP contribution < -0.4 is 0 Å². The van der Waals surface area contributed by atoms with Gasteiger partial charge in [-0.05, 0) is 0 Å². The van der Waals surface area contributed by atoms with Gasteiger partial charge < -0.3 is 30.3 Å². The third-order valence-electron chi connectivity index (χ3n) is 1.58. The molecule has 0 bridgehead atoms. The van der Waals surface area contributed by atoms with Gasteiger partial charge in [0, 0.05) is 7.11 Å². The Balaban J connectivity index is 0. The van der Waals surface area contributed by atoms with Crippen LogP contribution in [-0.4, -0.2) is 69.4 Å². The van der Waals surface area contributed by atoms with Gasteiger partial charge in [-0.1, -0.05) is 0 Å². The van der Waals surface area contributed by atoms with Gasteiger partial charge in [-0.25, -0.2) is 4.79 Å². The standard InChI is InChI=1S/C6H8O7.C3H8O2/c7-3(8)1-6(13,5(11)12)2-4(9)10;1-5-3-2-4/h13H,1-2H2,(H,7,8)(H,9,10)(H,11,12);4H,2-3H2,1H3. The van der Waals surface area contributed by atoms with Crippen molar-refractivity contribution in [2.45, 2.75) is 18.4 Å². The predicted molar refractivity (Wildman–Crippen MR) is 56.1 cm³/mol. The minimum Gasteiger partial charge on any atom is -0.481 e. The molecule has 0 aliphatic heterocycles. The number of aliphatic carboxylic acids is 3. The minimum absolute atomic E-state index is 0.122. The molecule has 0 fully saturated rings. The van der Waals surface area contributed by atoms with Crippen molar-refractivity contribution in [3.05, 3.63) is 0 Å².